The standard InChI is InChI=1S/C20H33Cl2N5/c1-5-23-20(25(4)15-17-7-8-18(21)19(22)13-17)24-14-16(3)27-11-9-26(6-2)10-12-27/h7-8,13,16H,5-6,9-12,14-15H2,1-4H3,(H,23,24). The van der Waals surface area contributed by atoms with Crippen molar-refractivity contribution in [1.29, 1.82) is 0 Å². The van der Waals surface area contributed by atoms with Crippen molar-refractivity contribution in [3.05, 3.63) is 33.8 Å². The van der Waals surface area contributed by atoms with Crippen LogP contribution >= 0.6 is 23.2 Å². The molecule has 1 heterocycles. The van der Waals surface area contributed by atoms with Gasteiger partial charge in [-0.3, -0.25) is 9.89 Å². The number of likely N-dealkylation sites (N-methyl/N-ethyl adjacent to an activating group) is 1. The van der Waals surface area contributed by atoms with Crippen LogP contribution in [0.1, 0.15) is 26.3 Å². The first-order chi connectivity index (χ1) is 12.9. The van der Waals surface area contributed by atoms with Crippen LogP contribution in [0.2, 0.25) is 10.0 Å². The number of aliphatic imine (C=N–C) groups is 1. The van der Waals surface area contributed by atoms with Gasteiger partial charge in [-0.15, -0.1) is 0 Å². The zero-order valence-electron chi connectivity index (χ0n) is 17.0. The summed E-state index contributed by atoms with van der Waals surface area (Å²) in [6.45, 7) is 14.7. The molecule has 0 amide bonds. The Morgan fingerprint density at radius 3 is 2.48 bits per heavy atom. The van der Waals surface area contributed by atoms with Gasteiger partial charge in [-0.1, -0.05) is 36.2 Å². The van der Waals surface area contributed by atoms with E-state index in [2.05, 4.69) is 47.8 Å². The second-order valence-corrected chi connectivity index (χ2v) is 7.93. The number of piperazine rings is 1. The van der Waals surface area contributed by atoms with Gasteiger partial charge >= 0.3 is 0 Å². The van der Waals surface area contributed by atoms with Crippen LogP contribution in [0.25, 0.3) is 0 Å². The molecule has 1 atom stereocenters. The van der Waals surface area contributed by atoms with E-state index in [4.69, 9.17) is 28.2 Å². The van der Waals surface area contributed by atoms with Crippen LogP contribution in [0.15, 0.2) is 23.2 Å². The SMILES string of the molecule is CCNC(=NCC(C)N1CCN(CC)CC1)N(C)Cc1ccc(Cl)c(Cl)c1. The highest BCUT2D eigenvalue weighted by atomic mass is 35.5. The third kappa shape index (κ3) is 6.83. The molecule has 1 aliphatic rings. The highest BCUT2D eigenvalue weighted by Crippen LogP contribution is 2.23. The fraction of sp³-hybridized carbons (Fsp3) is 0.650. The van der Waals surface area contributed by atoms with Crippen molar-refractivity contribution in [2.75, 3.05) is 52.9 Å². The summed E-state index contributed by atoms with van der Waals surface area (Å²) in [5.41, 5.74) is 1.11. The van der Waals surface area contributed by atoms with E-state index in [1.165, 1.54) is 0 Å². The zero-order chi connectivity index (χ0) is 19.8. The van der Waals surface area contributed by atoms with Crippen LogP contribution in [-0.4, -0.2) is 79.6 Å². The molecule has 0 aliphatic carbocycles. The first-order valence-electron chi connectivity index (χ1n) is 9.84. The minimum atomic E-state index is 0.441. The van der Waals surface area contributed by atoms with E-state index in [0.717, 1.165) is 63.9 Å². The average Bonchev–Trinajstić information content (AvgIpc) is 2.67. The molecular formula is C20H33Cl2N5. The largest absolute Gasteiger partial charge is 0.357 e. The molecule has 0 aromatic heterocycles. The van der Waals surface area contributed by atoms with Gasteiger partial charge < -0.3 is 15.1 Å². The summed E-state index contributed by atoms with van der Waals surface area (Å²) < 4.78 is 0. The van der Waals surface area contributed by atoms with Crippen molar-refractivity contribution in [3.8, 4) is 0 Å². The molecule has 5 nitrogen and oxygen atoms in total. The van der Waals surface area contributed by atoms with Crippen LogP contribution in [0.5, 0.6) is 0 Å². The van der Waals surface area contributed by atoms with Crippen molar-refractivity contribution >= 4 is 29.2 Å². The van der Waals surface area contributed by atoms with Gasteiger partial charge in [0.25, 0.3) is 0 Å². The van der Waals surface area contributed by atoms with E-state index in [0.29, 0.717) is 16.1 Å². The highest BCUT2D eigenvalue weighted by Gasteiger charge is 2.20. The Kier molecular flexibility index (Phi) is 9.16. The van der Waals surface area contributed by atoms with E-state index >= 15 is 0 Å². The number of halogens is 2. The van der Waals surface area contributed by atoms with Crippen molar-refractivity contribution in [1.82, 2.24) is 20.0 Å². The zero-order valence-corrected chi connectivity index (χ0v) is 18.5. The molecular weight excluding hydrogens is 381 g/mol. The topological polar surface area (TPSA) is 34.1 Å². The molecule has 7 heteroatoms. The number of hydrogen-bond donors (Lipinski definition) is 1. The lowest BCUT2D eigenvalue weighted by Gasteiger charge is -2.37. The van der Waals surface area contributed by atoms with E-state index in [1.807, 2.05) is 18.2 Å². The molecule has 152 valence electrons. The number of nitrogens with zero attached hydrogens (tertiary/aromatic N) is 4. The highest BCUT2D eigenvalue weighted by molar-refractivity contribution is 6.42. The first kappa shape index (κ1) is 22.3. The lowest BCUT2D eigenvalue weighted by atomic mass is 10.2. The Labute approximate surface area is 174 Å². The fourth-order valence-corrected chi connectivity index (χ4v) is 3.63. The predicted octanol–water partition coefficient (Wildman–Crippen LogP) is 3.42. The number of guanidine groups is 1. The molecule has 0 saturated carbocycles. The summed E-state index contributed by atoms with van der Waals surface area (Å²) in [5.74, 6) is 0.919. The molecule has 2 rings (SSSR count). The first-order valence-corrected chi connectivity index (χ1v) is 10.6. The quantitative estimate of drug-likeness (QED) is 0.548. The van der Waals surface area contributed by atoms with E-state index in [-0.39, 0.29) is 0 Å². The Balaban J connectivity index is 1.94. The maximum atomic E-state index is 6.14. The third-order valence-corrected chi connectivity index (χ3v) is 5.82. The summed E-state index contributed by atoms with van der Waals surface area (Å²) in [6, 6.07) is 6.20. The molecule has 1 saturated heterocycles. The van der Waals surface area contributed by atoms with Gasteiger partial charge in [0.05, 0.1) is 16.6 Å². The van der Waals surface area contributed by atoms with Crippen molar-refractivity contribution in [2.24, 2.45) is 4.99 Å². The van der Waals surface area contributed by atoms with Gasteiger partial charge in [0.15, 0.2) is 5.96 Å². The molecule has 1 N–H and O–H groups in total. The van der Waals surface area contributed by atoms with Crippen molar-refractivity contribution in [3.63, 3.8) is 0 Å². The number of rotatable bonds is 7. The smallest absolute Gasteiger partial charge is 0.194 e. The predicted molar refractivity (Wildman–Crippen MR) is 117 cm³/mol. The van der Waals surface area contributed by atoms with E-state index < -0.39 is 0 Å². The van der Waals surface area contributed by atoms with Crippen LogP contribution in [-0.2, 0) is 6.54 Å². The van der Waals surface area contributed by atoms with Crippen molar-refractivity contribution < 1.29 is 0 Å². The fourth-order valence-electron chi connectivity index (χ4n) is 3.31. The van der Waals surface area contributed by atoms with Gasteiger partial charge in [0, 0.05) is 52.4 Å². The Morgan fingerprint density at radius 2 is 1.89 bits per heavy atom. The Bertz CT molecular complexity index is 614. The van der Waals surface area contributed by atoms with Gasteiger partial charge in [0.2, 0.25) is 0 Å². The molecule has 1 unspecified atom stereocenters. The van der Waals surface area contributed by atoms with Crippen LogP contribution < -0.4 is 5.32 Å². The molecule has 1 aliphatic heterocycles. The van der Waals surface area contributed by atoms with Crippen LogP contribution in [0.3, 0.4) is 0 Å². The summed E-state index contributed by atoms with van der Waals surface area (Å²) in [4.78, 5) is 12.1. The van der Waals surface area contributed by atoms with Gasteiger partial charge in [-0.05, 0) is 38.1 Å². The minimum Gasteiger partial charge on any atom is -0.357 e. The lowest BCUT2D eigenvalue weighted by Crippen LogP contribution is -2.50. The second kappa shape index (κ2) is 11.1. The average molecular weight is 414 g/mol. The maximum Gasteiger partial charge on any atom is 0.194 e. The number of nitrogens with one attached hydrogen (secondary N) is 1. The van der Waals surface area contributed by atoms with E-state index in [1.54, 1.807) is 0 Å². The molecule has 0 radical (unpaired) electrons. The maximum absolute atomic E-state index is 6.14. The van der Waals surface area contributed by atoms with Crippen LogP contribution in [0.4, 0.5) is 0 Å². The normalized spacial score (nSPS) is 17.8. The van der Waals surface area contributed by atoms with Crippen molar-refractivity contribution in [2.45, 2.75) is 33.4 Å². The summed E-state index contributed by atoms with van der Waals surface area (Å²) >= 11 is 12.2. The van der Waals surface area contributed by atoms with Gasteiger partial charge in [0.1, 0.15) is 0 Å². The lowest BCUT2D eigenvalue weighted by molar-refractivity contribution is 0.109. The summed E-state index contributed by atoms with van der Waals surface area (Å²) in [5, 5.41) is 4.56. The summed E-state index contributed by atoms with van der Waals surface area (Å²) in [7, 11) is 2.05. The molecule has 0 spiro atoms. The van der Waals surface area contributed by atoms with E-state index in [9.17, 15) is 0 Å². The molecule has 1 aromatic rings. The monoisotopic (exact) mass is 413 g/mol. The van der Waals surface area contributed by atoms with Crippen LogP contribution in [0, 0.1) is 0 Å². The Hall–Kier alpha value is -1.01. The Morgan fingerprint density at radius 1 is 1.19 bits per heavy atom. The minimum absolute atomic E-state index is 0.441. The molecule has 1 fully saturated rings. The molecule has 0 bridgehead atoms. The molecule has 1 aromatic carbocycles. The second-order valence-electron chi connectivity index (χ2n) is 7.12. The summed E-state index contributed by atoms with van der Waals surface area (Å²) in [6.07, 6.45) is 0. The molecule has 27 heavy (non-hydrogen) atoms. The van der Waals surface area contributed by atoms with Gasteiger partial charge in [-0.2, -0.15) is 0 Å². The van der Waals surface area contributed by atoms with Gasteiger partial charge in [-0.25, -0.2) is 0 Å². The number of hydrogen-bond acceptors (Lipinski definition) is 3. The number of benzene rings is 1. The third-order valence-electron chi connectivity index (χ3n) is 5.08.